The molecule has 1 aliphatic heterocycles. The monoisotopic (exact) mass is 278 g/mol. The zero-order valence-electron chi connectivity index (χ0n) is 11.4. The maximum atomic E-state index is 9.00. The third kappa shape index (κ3) is 2.99. The van der Waals surface area contributed by atoms with Crippen molar-refractivity contribution in [1.82, 2.24) is 9.88 Å². The first-order valence-electron chi connectivity index (χ1n) is 6.67. The van der Waals surface area contributed by atoms with Crippen LogP contribution >= 0.6 is 11.6 Å². The van der Waals surface area contributed by atoms with Crippen LogP contribution in [-0.4, -0.2) is 42.6 Å². The molecule has 2 heterocycles. The average molecular weight is 279 g/mol. The summed E-state index contributed by atoms with van der Waals surface area (Å²) < 4.78 is 0. The molecule has 1 fully saturated rings. The molecule has 0 radical (unpaired) electrons. The molecule has 1 saturated heterocycles. The second-order valence-corrected chi connectivity index (χ2v) is 5.29. The Morgan fingerprint density at radius 3 is 3.11 bits per heavy atom. The summed E-state index contributed by atoms with van der Waals surface area (Å²) >= 11 is 6.22. The molecule has 102 valence electrons. The zero-order valence-corrected chi connectivity index (χ0v) is 12.2. The predicted octanol–water partition coefficient (Wildman–Crippen LogP) is 2.53. The van der Waals surface area contributed by atoms with Gasteiger partial charge in [0.05, 0.1) is 5.56 Å². The van der Waals surface area contributed by atoms with Gasteiger partial charge in [-0.1, -0.05) is 18.5 Å². The van der Waals surface area contributed by atoms with E-state index in [0.717, 1.165) is 13.1 Å². The highest BCUT2D eigenvalue weighted by Crippen LogP contribution is 2.27. The van der Waals surface area contributed by atoms with Gasteiger partial charge in [-0.3, -0.25) is 4.90 Å². The molecule has 1 atom stereocenters. The summed E-state index contributed by atoms with van der Waals surface area (Å²) in [6.45, 7) is 5.35. The van der Waals surface area contributed by atoms with E-state index in [9.17, 15) is 0 Å². The van der Waals surface area contributed by atoms with Gasteiger partial charge in [-0.2, -0.15) is 5.26 Å². The Kier molecular flexibility index (Phi) is 4.62. The van der Waals surface area contributed by atoms with E-state index >= 15 is 0 Å². The summed E-state index contributed by atoms with van der Waals surface area (Å²) in [6, 6.07) is 4.30. The van der Waals surface area contributed by atoms with Crippen LogP contribution < -0.4 is 4.90 Å². The summed E-state index contributed by atoms with van der Waals surface area (Å²) in [5.41, 5.74) is 0.484. The number of anilines is 1. The number of aromatic nitrogens is 1. The van der Waals surface area contributed by atoms with Gasteiger partial charge in [0.1, 0.15) is 16.9 Å². The maximum absolute atomic E-state index is 9.00. The van der Waals surface area contributed by atoms with E-state index in [-0.39, 0.29) is 0 Å². The maximum Gasteiger partial charge on any atom is 0.148 e. The first-order chi connectivity index (χ1) is 9.17. The van der Waals surface area contributed by atoms with Crippen LogP contribution in [0.2, 0.25) is 5.02 Å². The topological polar surface area (TPSA) is 43.2 Å². The Morgan fingerprint density at radius 1 is 1.63 bits per heavy atom. The van der Waals surface area contributed by atoms with Crippen molar-refractivity contribution in [2.45, 2.75) is 25.8 Å². The second-order valence-electron chi connectivity index (χ2n) is 4.91. The van der Waals surface area contributed by atoms with E-state index in [1.807, 2.05) is 7.05 Å². The summed E-state index contributed by atoms with van der Waals surface area (Å²) in [6.07, 6.45) is 4.11. The minimum Gasteiger partial charge on any atom is -0.357 e. The Morgan fingerprint density at radius 2 is 2.42 bits per heavy atom. The molecule has 1 aromatic rings. The van der Waals surface area contributed by atoms with Gasteiger partial charge in [0.25, 0.3) is 0 Å². The lowest BCUT2D eigenvalue weighted by Gasteiger charge is -2.28. The molecule has 0 bridgehead atoms. The first kappa shape index (κ1) is 14.1. The largest absolute Gasteiger partial charge is 0.357 e. The van der Waals surface area contributed by atoms with Gasteiger partial charge in [-0.25, -0.2) is 4.98 Å². The zero-order chi connectivity index (χ0) is 13.8. The van der Waals surface area contributed by atoms with Gasteiger partial charge in [-0.15, -0.1) is 0 Å². The Hall–Kier alpha value is -1.31. The van der Waals surface area contributed by atoms with Crippen LogP contribution in [0.3, 0.4) is 0 Å². The van der Waals surface area contributed by atoms with E-state index in [1.54, 1.807) is 12.3 Å². The number of halogens is 1. The van der Waals surface area contributed by atoms with E-state index in [0.29, 0.717) is 22.4 Å². The molecule has 5 heteroatoms. The van der Waals surface area contributed by atoms with Crippen LogP contribution in [-0.2, 0) is 0 Å². The van der Waals surface area contributed by atoms with E-state index in [4.69, 9.17) is 16.9 Å². The third-order valence-corrected chi connectivity index (χ3v) is 4.12. The quantitative estimate of drug-likeness (QED) is 0.849. The number of likely N-dealkylation sites (N-methyl/N-ethyl adjacent to an activating group) is 2. The SMILES string of the molecule is CCN1CCCC1CN(C)c1nccc(C#N)c1Cl. The molecule has 1 unspecified atom stereocenters. The van der Waals surface area contributed by atoms with Crippen molar-refractivity contribution in [3.05, 3.63) is 22.8 Å². The summed E-state index contributed by atoms with van der Waals surface area (Å²) in [7, 11) is 1.99. The Balaban J connectivity index is 2.12. The predicted molar refractivity (Wildman–Crippen MR) is 77.5 cm³/mol. The molecule has 4 nitrogen and oxygen atoms in total. The number of nitrogens with zero attached hydrogens (tertiary/aromatic N) is 4. The minimum absolute atomic E-state index is 0.452. The fraction of sp³-hybridized carbons (Fsp3) is 0.571. The fourth-order valence-electron chi connectivity index (χ4n) is 2.71. The Bertz CT molecular complexity index is 483. The Labute approximate surface area is 119 Å². The van der Waals surface area contributed by atoms with Crippen molar-refractivity contribution in [3.63, 3.8) is 0 Å². The number of rotatable bonds is 4. The highest BCUT2D eigenvalue weighted by Gasteiger charge is 2.25. The van der Waals surface area contributed by atoms with Crippen molar-refractivity contribution in [2.75, 3.05) is 31.6 Å². The lowest BCUT2D eigenvalue weighted by molar-refractivity contribution is 0.270. The highest BCUT2D eigenvalue weighted by molar-refractivity contribution is 6.34. The average Bonchev–Trinajstić information content (AvgIpc) is 2.86. The van der Waals surface area contributed by atoms with Crippen LogP contribution in [0.4, 0.5) is 5.82 Å². The lowest BCUT2D eigenvalue weighted by atomic mass is 10.2. The number of likely N-dealkylation sites (tertiary alicyclic amines) is 1. The van der Waals surface area contributed by atoms with Crippen molar-refractivity contribution >= 4 is 17.4 Å². The van der Waals surface area contributed by atoms with Gasteiger partial charge in [0.2, 0.25) is 0 Å². The molecule has 0 N–H and O–H groups in total. The standard InChI is InChI=1S/C14H19ClN4/c1-3-19-8-4-5-12(19)10-18(2)14-13(15)11(9-16)6-7-17-14/h6-7,12H,3-5,8,10H2,1-2H3. The number of nitriles is 1. The van der Waals surface area contributed by atoms with Crippen LogP contribution in [0.25, 0.3) is 0 Å². The summed E-state index contributed by atoms with van der Waals surface area (Å²) in [4.78, 5) is 8.85. The molecule has 0 spiro atoms. The number of pyridine rings is 1. The van der Waals surface area contributed by atoms with Crippen molar-refractivity contribution in [2.24, 2.45) is 0 Å². The summed E-state index contributed by atoms with van der Waals surface area (Å²) in [5.74, 6) is 0.698. The van der Waals surface area contributed by atoms with Gasteiger partial charge in [0.15, 0.2) is 0 Å². The van der Waals surface area contributed by atoms with Crippen LogP contribution in [0, 0.1) is 11.3 Å². The van der Waals surface area contributed by atoms with Gasteiger partial charge < -0.3 is 4.90 Å². The molecule has 0 aliphatic carbocycles. The summed E-state index contributed by atoms with van der Waals surface area (Å²) in [5, 5.41) is 9.45. The lowest BCUT2D eigenvalue weighted by Crippen LogP contribution is -2.39. The normalized spacial score (nSPS) is 19.4. The molecular weight excluding hydrogens is 260 g/mol. The molecule has 0 amide bonds. The number of hydrogen-bond acceptors (Lipinski definition) is 4. The van der Waals surface area contributed by atoms with Crippen LogP contribution in [0.1, 0.15) is 25.3 Å². The number of hydrogen-bond donors (Lipinski definition) is 0. The molecule has 0 saturated carbocycles. The third-order valence-electron chi connectivity index (χ3n) is 3.74. The fourth-order valence-corrected chi connectivity index (χ4v) is 3.00. The molecule has 2 rings (SSSR count). The molecule has 19 heavy (non-hydrogen) atoms. The molecular formula is C14H19ClN4. The smallest absolute Gasteiger partial charge is 0.148 e. The van der Waals surface area contributed by atoms with Gasteiger partial charge >= 0.3 is 0 Å². The first-order valence-corrected chi connectivity index (χ1v) is 7.05. The van der Waals surface area contributed by atoms with E-state index in [1.165, 1.54) is 19.4 Å². The highest BCUT2D eigenvalue weighted by atomic mass is 35.5. The van der Waals surface area contributed by atoms with Crippen molar-refractivity contribution in [3.8, 4) is 6.07 Å². The van der Waals surface area contributed by atoms with E-state index in [2.05, 4.69) is 27.8 Å². The van der Waals surface area contributed by atoms with Gasteiger partial charge in [0, 0.05) is 25.8 Å². The molecule has 1 aromatic heterocycles. The van der Waals surface area contributed by atoms with Crippen LogP contribution in [0.15, 0.2) is 12.3 Å². The van der Waals surface area contributed by atoms with Crippen molar-refractivity contribution < 1.29 is 0 Å². The molecule has 1 aliphatic rings. The van der Waals surface area contributed by atoms with Crippen molar-refractivity contribution in [1.29, 1.82) is 5.26 Å². The molecule has 0 aromatic carbocycles. The van der Waals surface area contributed by atoms with Gasteiger partial charge in [-0.05, 0) is 32.0 Å². The van der Waals surface area contributed by atoms with E-state index < -0.39 is 0 Å². The minimum atomic E-state index is 0.452. The van der Waals surface area contributed by atoms with Crippen LogP contribution in [0.5, 0.6) is 0 Å². The second kappa shape index (κ2) is 6.23.